The molecule has 12 aromatic rings. The number of aromatic nitrogens is 3. The van der Waals surface area contributed by atoms with Crippen LogP contribution in [0.15, 0.2) is 194 Å². The first kappa shape index (κ1) is 33.1. The quantitative estimate of drug-likeness (QED) is 0.168. The lowest BCUT2D eigenvalue weighted by atomic mass is 9.88. The predicted molar refractivity (Wildman–Crippen MR) is 245 cm³/mol. The van der Waals surface area contributed by atoms with Crippen LogP contribution in [0, 0.1) is 11.3 Å². The third-order valence-electron chi connectivity index (χ3n) is 12.0. The van der Waals surface area contributed by atoms with Crippen LogP contribution in [0.5, 0.6) is 0 Å². The zero-order chi connectivity index (χ0) is 39.0. The van der Waals surface area contributed by atoms with Crippen molar-refractivity contribution in [3.8, 4) is 45.3 Å². The van der Waals surface area contributed by atoms with Gasteiger partial charge in [0, 0.05) is 55.3 Å². The molecule has 4 nitrogen and oxygen atoms in total. The maximum absolute atomic E-state index is 9.81. The molecule has 59 heavy (non-hydrogen) atoms. The molecule has 0 aliphatic heterocycles. The summed E-state index contributed by atoms with van der Waals surface area (Å²) in [6, 6.07) is 69.0. The minimum atomic E-state index is 0.650. The van der Waals surface area contributed by atoms with E-state index in [2.05, 4.69) is 174 Å². The van der Waals surface area contributed by atoms with Gasteiger partial charge < -0.3 is 4.57 Å². The Morgan fingerprint density at radius 2 is 1.10 bits per heavy atom. The first-order valence-corrected chi connectivity index (χ1v) is 19.9. The van der Waals surface area contributed by atoms with Crippen molar-refractivity contribution in [3.05, 3.63) is 200 Å². The highest BCUT2D eigenvalue weighted by atomic mass is 15.0. The van der Waals surface area contributed by atoms with Crippen LogP contribution in [0.2, 0.25) is 0 Å². The Bertz CT molecular complexity index is 3720. The molecule has 0 aliphatic rings. The lowest BCUT2D eigenvalue weighted by Crippen LogP contribution is -1.94. The molecule has 0 fully saturated rings. The molecule has 4 heteroatoms. The van der Waals surface area contributed by atoms with Gasteiger partial charge in [0.05, 0.1) is 39.4 Å². The Balaban J connectivity index is 1.06. The van der Waals surface area contributed by atoms with Crippen LogP contribution >= 0.6 is 0 Å². The second-order valence-corrected chi connectivity index (χ2v) is 15.2. The van der Waals surface area contributed by atoms with E-state index in [1.165, 1.54) is 26.9 Å². The molecule has 0 aliphatic carbocycles. The minimum Gasteiger partial charge on any atom is -0.309 e. The Morgan fingerprint density at radius 3 is 1.95 bits per heavy atom. The number of hydrogen-bond donors (Lipinski definition) is 0. The second-order valence-electron chi connectivity index (χ2n) is 15.2. The smallest absolute Gasteiger partial charge is 0.0991 e. The molecule has 0 saturated carbocycles. The average Bonchev–Trinajstić information content (AvgIpc) is 3.64. The van der Waals surface area contributed by atoms with Crippen molar-refractivity contribution in [1.29, 1.82) is 5.26 Å². The summed E-state index contributed by atoms with van der Waals surface area (Å²) < 4.78 is 2.28. The number of fused-ring (bicyclic) bond motifs is 12. The summed E-state index contributed by atoms with van der Waals surface area (Å²) in [4.78, 5) is 10.2. The highest BCUT2D eigenvalue weighted by molar-refractivity contribution is 6.34. The summed E-state index contributed by atoms with van der Waals surface area (Å²) in [7, 11) is 0. The standard InChI is InChI=1S/C55H32N4/c56-33-34-19-27-50-47(30-34)48-31-38(25-28-51(48)59(50)40-12-2-1-3-13-40)35-20-22-37(23-21-35)55-53-44-26-24-39(41-17-8-10-36-11-9-29-57-54(36)41)32-46(44)42-14-4-5-15-43(42)52(53)45-16-6-7-18-49(45)58-55/h1-32H. The third-order valence-corrected chi connectivity index (χ3v) is 12.0. The van der Waals surface area contributed by atoms with Crippen molar-refractivity contribution in [1.82, 2.24) is 14.5 Å². The van der Waals surface area contributed by atoms with E-state index in [0.29, 0.717) is 5.56 Å². The minimum absolute atomic E-state index is 0.650. The second kappa shape index (κ2) is 13.0. The molecule has 12 rings (SSSR count). The highest BCUT2D eigenvalue weighted by Gasteiger charge is 2.19. The molecule has 0 saturated heterocycles. The average molecular weight is 749 g/mol. The molecule has 0 amide bonds. The number of rotatable bonds is 4. The Morgan fingerprint density at radius 1 is 0.441 bits per heavy atom. The number of pyridine rings is 2. The van der Waals surface area contributed by atoms with Gasteiger partial charge in [0.25, 0.3) is 0 Å². The lowest BCUT2D eigenvalue weighted by molar-refractivity contribution is 1.18. The number of para-hydroxylation sites is 3. The van der Waals surface area contributed by atoms with Crippen molar-refractivity contribution in [2.45, 2.75) is 0 Å². The summed E-state index contributed by atoms with van der Waals surface area (Å²) in [5, 5.41) is 21.4. The van der Waals surface area contributed by atoms with Gasteiger partial charge in [-0.2, -0.15) is 5.26 Å². The van der Waals surface area contributed by atoms with Gasteiger partial charge in [-0.25, -0.2) is 4.98 Å². The fraction of sp³-hybridized carbons (Fsp3) is 0. The summed E-state index contributed by atoms with van der Waals surface area (Å²) in [6.07, 6.45) is 1.87. The normalized spacial score (nSPS) is 11.7. The van der Waals surface area contributed by atoms with Crippen LogP contribution in [-0.2, 0) is 0 Å². The molecule has 0 spiro atoms. The zero-order valence-electron chi connectivity index (χ0n) is 31.8. The number of nitriles is 1. The van der Waals surface area contributed by atoms with Crippen molar-refractivity contribution in [2.75, 3.05) is 0 Å². The van der Waals surface area contributed by atoms with Crippen LogP contribution in [-0.4, -0.2) is 14.5 Å². The molecule has 3 heterocycles. The van der Waals surface area contributed by atoms with E-state index >= 15 is 0 Å². The van der Waals surface area contributed by atoms with Gasteiger partial charge in [0.15, 0.2) is 0 Å². The van der Waals surface area contributed by atoms with E-state index in [-0.39, 0.29) is 0 Å². The van der Waals surface area contributed by atoms with Crippen LogP contribution < -0.4 is 0 Å². The van der Waals surface area contributed by atoms with Gasteiger partial charge in [-0.1, -0.05) is 127 Å². The third kappa shape index (κ3) is 5.09. The molecule has 9 aromatic carbocycles. The Labute approximate surface area is 339 Å². The van der Waals surface area contributed by atoms with E-state index in [4.69, 9.17) is 9.97 Å². The summed E-state index contributed by atoms with van der Waals surface area (Å²) >= 11 is 0. The summed E-state index contributed by atoms with van der Waals surface area (Å²) in [5.41, 5.74) is 12.4. The van der Waals surface area contributed by atoms with Gasteiger partial charge in [0.2, 0.25) is 0 Å². The molecular weight excluding hydrogens is 717 g/mol. The number of hydrogen-bond acceptors (Lipinski definition) is 3. The molecule has 0 bridgehead atoms. The fourth-order valence-corrected chi connectivity index (χ4v) is 9.34. The molecular formula is C55H32N4. The maximum atomic E-state index is 9.81. The molecule has 3 aromatic heterocycles. The first-order chi connectivity index (χ1) is 29.2. The lowest BCUT2D eigenvalue weighted by Gasteiger charge is -2.17. The molecule has 0 atom stereocenters. The van der Waals surface area contributed by atoms with Crippen LogP contribution in [0.3, 0.4) is 0 Å². The fourth-order valence-electron chi connectivity index (χ4n) is 9.34. The van der Waals surface area contributed by atoms with Crippen molar-refractivity contribution in [2.24, 2.45) is 0 Å². The Kier molecular flexibility index (Phi) is 7.26. The van der Waals surface area contributed by atoms with E-state index in [1.54, 1.807) is 0 Å². The molecule has 272 valence electrons. The molecule has 0 unspecified atom stereocenters. The van der Waals surface area contributed by atoms with E-state index < -0.39 is 0 Å². The van der Waals surface area contributed by atoms with Crippen LogP contribution in [0.4, 0.5) is 0 Å². The topological polar surface area (TPSA) is 54.5 Å². The zero-order valence-corrected chi connectivity index (χ0v) is 31.8. The van der Waals surface area contributed by atoms with Crippen molar-refractivity contribution < 1.29 is 0 Å². The van der Waals surface area contributed by atoms with Gasteiger partial charge in [-0.05, 0) is 98.9 Å². The maximum Gasteiger partial charge on any atom is 0.0991 e. The first-order valence-electron chi connectivity index (χ1n) is 19.9. The largest absolute Gasteiger partial charge is 0.309 e. The monoisotopic (exact) mass is 748 g/mol. The Hall–Kier alpha value is -8.13. The summed E-state index contributed by atoms with van der Waals surface area (Å²) in [6.45, 7) is 0. The number of benzene rings is 9. The summed E-state index contributed by atoms with van der Waals surface area (Å²) in [5.74, 6) is 0. The SMILES string of the molecule is N#Cc1ccc2c(c1)c1cc(-c3ccc(-c4nc5ccccc5c5c6ccccc6c6cc(-c7cccc8cccnc78)ccc6c45)cc3)ccc1n2-c1ccccc1. The molecule has 0 radical (unpaired) electrons. The highest BCUT2D eigenvalue weighted by Crippen LogP contribution is 2.44. The van der Waals surface area contributed by atoms with Crippen LogP contribution in [0.1, 0.15) is 5.56 Å². The van der Waals surface area contributed by atoms with Gasteiger partial charge in [-0.15, -0.1) is 0 Å². The molecule has 0 N–H and O–H groups in total. The van der Waals surface area contributed by atoms with Crippen molar-refractivity contribution >= 4 is 75.9 Å². The van der Waals surface area contributed by atoms with E-state index in [1.807, 2.05) is 30.5 Å². The van der Waals surface area contributed by atoms with Gasteiger partial charge >= 0.3 is 0 Å². The van der Waals surface area contributed by atoms with E-state index in [9.17, 15) is 5.26 Å². The van der Waals surface area contributed by atoms with E-state index in [0.717, 1.165) is 88.2 Å². The predicted octanol–water partition coefficient (Wildman–Crippen LogP) is 14.2. The van der Waals surface area contributed by atoms with Gasteiger partial charge in [0.1, 0.15) is 0 Å². The van der Waals surface area contributed by atoms with Crippen LogP contribution in [0.25, 0.3) is 115 Å². The van der Waals surface area contributed by atoms with Crippen molar-refractivity contribution in [3.63, 3.8) is 0 Å². The number of nitrogens with zero attached hydrogens (tertiary/aromatic N) is 4. The van der Waals surface area contributed by atoms with Gasteiger partial charge in [-0.3, -0.25) is 4.98 Å².